The van der Waals surface area contributed by atoms with Gasteiger partial charge in [0.1, 0.15) is 17.3 Å². The molecule has 1 atom stereocenters. The zero-order chi connectivity index (χ0) is 14.0. The molecule has 4 heteroatoms. The number of ether oxygens (including phenoxy) is 1. The molecule has 0 saturated heterocycles. The number of benzene rings is 2. The van der Waals surface area contributed by atoms with Gasteiger partial charge in [-0.25, -0.2) is 4.39 Å². The topological polar surface area (TPSA) is 35.2 Å². The maximum absolute atomic E-state index is 13.4. The Hall–Kier alpha value is -1.58. The Balaban J connectivity index is 2.25. The molecule has 0 fully saturated rings. The maximum atomic E-state index is 13.4. The Morgan fingerprint density at radius 3 is 2.53 bits per heavy atom. The first-order valence-corrected chi connectivity index (χ1v) is 6.34. The van der Waals surface area contributed by atoms with E-state index in [1.165, 1.54) is 6.07 Å². The molecule has 0 amide bonds. The van der Waals surface area contributed by atoms with Crippen molar-refractivity contribution in [2.45, 2.75) is 19.9 Å². The van der Waals surface area contributed by atoms with E-state index in [0.29, 0.717) is 22.1 Å². The van der Waals surface area contributed by atoms with Crippen LogP contribution in [0, 0.1) is 12.7 Å². The van der Waals surface area contributed by atoms with Crippen molar-refractivity contribution in [3.8, 4) is 11.5 Å². The van der Waals surface area contributed by atoms with E-state index in [0.717, 1.165) is 5.56 Å². The van der Waals surface area contributed by atoms with E-state index in [9.17, 15) is 4.39 Å². The van der Waals surface area contributed by atoms with Gasteiger partial charge in [-0.15, -0.1) is 0 Å². The van der Waals surface area contributed by atoms with Gasteiger partial charge in [-0.3, -0.25) is 0 Å². The fraction of sp³-hybridized carbons (Fsp3) is 0.200. The molecule has 0 radical (unpaired) electrons. The standard InChI is InChI=1S/C15H15ClFNO/c1-9-3-5-12(8-14(9)17)19-15-6-4-11(10(2)18)7-13(15)16/h3-8,10H,18H2,1-2H3/t10-/m0/s1. The van der Waals surface area contributed by atoms with Crippen LogP contribution in [-0.2, 0) is 0 Å². The maximum Gasteiger partial charge on any atom is 0.146 e. The summed E-state index contributed by atoms with van der Waals surface area (Å²) in [5.74, 6) is 0.591. The predicted octanol–water partition coefficient (Wildman–Crippen LogP) is 4.60. The molecular weight excluding hydrogens is 265 g/mol. The molecule has 2 N–H and O–H groups in total. The first-order valence-electron chi connectivity index (χ1n) is 5.96. The van der Waals surface area contributed by atoms with Crippen LogP contribution in [-0.4, -0.2) is 0 Å². The zero-order valence-electron chi connectivity index (χ0n) is 10.8. The van der Waals surface area contributed by atoms with Crippen LogP contribution in [0.15, 0.2) is 36.4 Å². The fourth-order valence-electron chi connectivity index (χ4n) is 1.65. The molecule has 2 aromatic carbocycles. The summed E-state index contributed by atoms with van der Waals surface area (Å²) in [6, 6.07) is 9.94. The lowest BCUT2D eigenvalue weighted by Gasteiger charge is -2.11. The molecule has 100 valence electrons. The van der Waals surface area contributed by atoms with Gasteiger partial charge in [-0.2, -0.15) is 0 Å². The van der Waals surface area contributed by atoms with Crippen LogP contribution in [0.5, 0.6) is 11.5 Å². The molecule has 0 aliphatic heterocycles. The molecule has 19 heavy (non-hydrogen) atoms. The highest BCUT2D eigenvalue weighted by atomic mass is 35.5. The molecule has 2 nitrogen and oxygen atoms in total. The summed E-state index contributed by atoms with van der Waals surface area (Å²) in [4.78, 5) is 0. The molecule has 2 rings (SSSR count). The van der Waals surface area contributed by atoms with Gasteiger partial charge >= 0.3 is 0 Å². The highest BCUT2D eigenvalue weighted by molar-refractivity contribution is 6.32. The van der Waals surface area contributed by atoms with Gasteiger partial charge in [0.15, 0.2) is 0 Å². The molecule has 0 spiro atoms. The third-order valence-electron chi connectivity index (χ3n) is 2.85. The van der Waals surface area contributed by atoms with Crippen molar-refractivity contribution in [3.63, 3.8) is 0 Å². The Kier molecular flexibility index (Phi) is 4.08. The van der Waals surface area contributed by atoms with E-state index in [1.54, 1.807) is 31.2 Å². The van der Waals surface area contributed by atoms with E-state index in [1.807, 2.05) is 13.0 Å². The minimum Gasteiger partial charge on any atom is -0.456 e. The van der Waals surface area contributed by atoms with Crippen LogP contribution in [0.3, 0.4) is 0 Å². The Bertz CT molecular complexity index is 599. The SMILES string of the molecule is Cc1ccc(Oc2ccc([C@H](C)N)cc2Cl)cc1F. The van der Waals surface area contributed by atoms with Crippen LogP contribution >= 0.6 is 11.6 Å². The summed E-state index contributed by atoms with van der Waals surface area (Å²) in [5.41, 5.74) is 7.27. The summed E-state index contributed by atoms with van der Waals surface area (Å²) in [5, 5.41) is 0.454. The molecule has 0 saturated carbocycles. The average Bonchev–Trinajstić information content (AvgIpc) is 2.36. The zero-order valence-corrected chi connectivity index (χ0v) is 11.5. The number of hydrogen-bond acceptors (Lipinski definition) is 2. The van der Waals surface area contributed by atoms with Crippen molar-refractivity contribution in [2.75, 3.05) is 0 Å². The largest absolute Gasteiger partial charge is 0.456 e. The van der Waals surface area contributed by atoms with Crippen LogP contribution in [0.2, 0.25) is 5.02 Å². The number of nitrogens with two attached hydrogens (primary N) is 1. The summed E-state index contributed by atoms with van der Waals surface area (Å²) in [6.07, 6.45) is 0. The minimum atomic E-state index is -0.305. The van der Waals surface area contributed by atoms with Gasteiger partial charge in [-0.1, -0.05) is 23.7 Å². The third-order valence-corrected chi connectivity index (χ3v) is 3.15. The molecule has 0 unspecified atom stereocenters. The molecule has 0 bridgehead atoms. The quantitative estimate of drug-likeness (QED) is 0.891. The van der Waals surface area contributed by atoms with Crippen molar-refractivity contribution in [1.29, 1.82) is 0 Å². The fourth-order valence-corrected chi connectivity index (χ4v) is 1.87. The lowest BCUT2D eigenvalue weighted by Crippen LogP contribution is -2.04. The molecule has 0 aliphatic rings. The Morgan fingerprint density at radius 2 is 1.95 bits per heavy atom. The summed E-state index contributed by atoms with van der Waals surface area (Å²) < 4.78 is 19.0. The van der Waals surface area contributed by atoms with E-state index >= 15 is 0 Å². The van der Waals surface area contributed by atoms with E-state index in [-0.39, 0.29) is 11.9 Å². The normalized spacial score (nSPS) is 12.3. The van der Waals surface area contributed by atoms with Gasteiger partial charge in [0, 0.05) is 12.1 Å². The first kappa shape index (κ1) is 13.8. The average molecular weight is 280 g/mol. The van der Waals surface area contributed by atoms with E-state index in [4.69, 9.17) is 22.1 Å². The monoisotopic (exact) mass is 279 g/mol. The lowest BCUT2D eigenvalue weighted by molar-refractivity contribution is 0.476. The van der Waals surface area contributed by atoms with Gasteiger partial charge in [0.2, 0.25) is 0 Å². The van der Waals surface area contributed by atoms with Gasteiger partial charge in [-0.05, 0) is 43.2 Å². The lowest BCUT2D eigenvalue weighted by atomic mass is 10.1. The number of rotatable bonds is 3. The summed E-state index contributed by atoms with van der Waals surface area (Å²) >= 11 is 6.12. The smallest absolute Gasteiger partial charge is 0.146 e. The van der Waals surface area contributed by atoms with Gasteiger partial charge < -0.3 is 10.5 Å². The van der Waals surface area contributed by atoms with Crippen molar-refractivity contribution in [1.82, 2.24) is 0 Å². The predicted molar refractivity (Wildman–Crippen MR) is 75.3 cm³/mol. The number of aryl methyl sites for hydroxylation is 1. The van der Waals surface area contributed by atoms with Gasteiger partial charge in [0.25, 0.3) is 0 Å². The van der Waals surface area contributed by atoms with Crippen LogP contribution in [0.25, 0.3) is 0 Å². The molecule has 0 aromatic heterocycles. The number of hydrogen-bond donors (Lipinski definition) is 1. The summed E-state index contributed by atoms with van der Waals surface area (Å²) in [7, 11) is 0. The van der Waals surface area contributed by atoms with Gasteiger partial charge in [0.05, 0.1) is 5.02 Å². The van der Waals surface area contributed by atoms with Crippen molar-refractivity contribution in [3.05, 3.63) is 58.4 Å². The first-order chi connectivity index (χ1) is 8.97. The van der Waals surface area contributed by atoms with Crippen molar-refractivity contribution in [2.24, 2.45) is 5.73 Å². The minimum absolute atomic E-state index is 0.0941. The molecule has 0 aliphatic carbocycles. The van der Waals surface area contributed by atoms with Crippen LogP contribution < -0.4 is 10.5 Å². The highest BCUT2D eigenvalue weighted by Crippen LogP contribution is 2.31. The summed E-state index contributed by atoms with van der Waals surface area (Å²) in [6.45, 7) is 3.57. The molecule has 2 aromatic rings. The molecule has 0 heterocycles. The Morgan fingerprint density at radius 1 is 1.21 bits per heavy atom. The van der Waals surface area contributed by atoms with Crippen molar-refractivity contribution >= 4 is 11.6 Å². The van der Waals surface area contributed by atoms with Crippen LogP contribution in [0.1, 0.15) is 24.1 Å². The number of halogens is 2. The van der Waals surface area contributed by atoms with Crippen LogP contribution in [0.4, 0.5) is 4.39 Å². The second kappa shape index (κ2) is 5.59. The van der Waals surface area contributed by atoms with E-state index < -0.39 is 0 Å². The van der Waals surface area contributed by atoms with E-state index in [2.05, 4.69) is 0 Å². The van der Waals surface area contributed by atoms with Crippen molar-refractivity contribution < 1.29 is 9.13 Å². The highest BCUT2D eigenvalue weighted by Gasteiger charge is 2.08. The molecular formula is C15H15ClFNO. The third kappa shape index (κ3) is 3.25. The Labute approximate surface area is 117 Å². The second-order valence-electron chi connectivity index (χ2n) is 4.49. The second-order valence-corrected chi connectivity index (χ2v) is 4.90.